The van der Waals surface area contributed by atoms with Gasteiger partial charge in [0.05, 0.1) is 18.4 Å². The molecule has 0 radical (unpaired) electrons. The molecule has 3 aromatic rings. The summed E-state index contributed by atoms with van der Waals surface area (Å²) in [6.45, 7) is 1.35. The van der Waals surface area contributed by atoms with Gasteiger partial charge in [-0.25, -0.2) is 9.37 Å². The summed E-state index contributed by atoms with van der Waals surface area (Å²) in [6, 6.07) is 9.39. The molecular weight excluding hydrogens is 449 g/mol. The van der Waals surface area contributed by atoms with Gasteiger partial charge in [0.15, 0.2) is 5.13 Å². The van der Waals surface area contributed by atoms with E-state index < -0.39 is 5.82 Å². The Kier molecular flexibility index (Phi) is 6.05. The minimum absolute atomic E-state index is 0.272. The molecule has 2 N–H and O–H groups in total. The summed E-state index contributed by atoms with van der Waals surface area (Å²) in [7, 11) is 1.52. The molecule has 0 aliphatic heterocycles. The molecule has 2 aromatic carbocycles. The highest BCUT2D eigenvalue weighted by Crippen LogP contribution is 2.30. The van der Waals surface area contributed by atoms with Gasteiger partial charge in [0.25, 0.3) is 5.91 Å². The van der Waals surface area contributed by atoms with Gasteiger partial charge < -0.3 is 10.1 Å². The number of ether oxygens (including phenoxy) is 1. The van der Waals surface area contributed by atoms with E-state index in [9.17, 15) is 14.0 Å². The second-order valence-electron chi connectivity index (χ2n) is 5.71. The van der Waals surface area contributed by atoms with Crippen molar-refractivity contribution in [2.75, 3.05) is 17.7 Å². The number of nitrogens with one attached hydrogen (secondary N) is 2. The molecule has 0 aliphatic carbocycles. The van der Waals surface area contributed by atoms with E-state index in [-0.39, 0.29) is 17.4 Å². The van der Waals surface area contributed by atoms with Gasteiger partial charge in [-0.1, -0.05) is 0 Å². The molecule has 144 valence electrons. The Labute approximate surface area is 172 Å². The number of hydrogen-bond donors (Lipinski definition) is 2. The van der Waals surface area contributed by atoms with Crippen molar-refractivity contribution < 1.29 is 18.7 Å². The maximum Gasteiger partial charge on any atom is 0.258 e. The Morgan fingerprint density at radius 2 is 1.96 bits per heavy atom. The molecule has 3 rings (SSSR count). The van der Waals surface area contributed by atoms with Crippen LogP contribution >= 0.6 is 27.3 Å². The first-order valence-corrected chi connectivity index (χ1v) is 9.72. The molecule has 1 heterocycles. The Balaban J connectivity index is 1.79. The minimum Gasteiger partial charge on any atom is -0.497 e. The first kappa shape index (κ1) is 20.0. The van der Waals surface area contributed by atoms with E-state index >= 15 is 0 Å². The molecule has 0 unspecified atom stereocenters. The van der Waals surface area contributed by atoms with Gasteiger partial charge in [-0.05, 0) is 52.3 Å². The zero-order valence-corrected chi connectivity index (χ0v) is 17.3. The molecular formula is C19H15BrFN3O3S. The zero-order chi connectivity index (χ0) is 20.3. The smallest absolute Gasteiger partial charge is 0.258 e. The van der Waals surface area contributed by atoms with E-state index in [2.05, 4.69) is 31.5 Å². The van der Waals surface area contributed by atoms with Gasteiger partial charge in [-0.3, -0.25) is 14.9 Å². The number of anilines is 2. The molecule has 6 nitrogen and oxygen atoms in total. The summed E-state index contributed by atoms with van der Waals surface area (Å²) in [5, 5.41) is 7.20. The van der Waals surface area contributed by atoms with Crippen LogP contribution in [0, 0.1) is 5.82 Å². The van der Waals surface area contributed by atoms with Crippen LogP contribution in [0.1, 0.15) is 17.3 Å². The number of rotatable bonds is 5. The monoisotopic (exact) mass is 463 g/mol. The molecule has 28 heavy (non-hydrogen) atoms. The fourth-order valence-corrected chi connectivity index (χ4v) is 3.56. The number of halogens is 2. The lowest BCUT2D eigenvalue weighted by Crippen LogP contribution is -2.12. The number of methoxy groups -OCH3 is 1. The summed E-state index contributed by atoms with van der Waals surface area (Å²) < 4.78 is 20.1. The maximum absolute atomic E-state index is 14.4. The summed E-state index contributed by atoms with van der Waals surface area (Å²) in [5.41, 5.74) is 1.41. The van der Waals surface area contributed by atoms with Crippen LogP contribution < -0.4 is 15.4 Å². The fourth-order valence-electron chi connectivity index (χ4n) is 2.43. The molecule has 0 bridgehead atoms. The van der Waals surface area contributed by atoms with Gasteiger partial charge >= 0.3 is 0 Å². The predicted molar refractivity (Wildman–Crippen MR) is 110 cm³/mol. The van der Waals surface area contributed by atoms with Crippen molar-refractivity contribution in [3.05, 3.63) is 57.6 Å². The highest BCUT2D eigenvalue weighted by molar-refractivity contribution is 9.10. The molecule has 0 aliphatic rings. The maximum atomic E-state index is 14.4. The highest BCUT2D eigenvalue weighted by atomic mass is 79.9. The number of carbonyl (C=O) groups excluding carboxylic acids is 2. The van der Waals surface area contributed by atoms with Crippen LogP contribution in [0.5, 0.6) is 5.75 Å². The summed E-state index contributed by atoms with van der Waals surface area (Å²) in [6.07, 6.45) is 0. The van der Waals surface area contributed by atoms with E-state index in [1.54, 1.807) is 29.6 Å². The van der Waals surface area contributed by atoms with Crippen molar-refractivity contribution in [3.8, 4) is 17.0 Å². The molecule has 9 heteroatoms. The van der Waals surface area contributed by atoms with E-state index in [0.29, 0.717) is 32.3 Å². The number of amides is 2. The molecule has 2 amide bonds. The lowest BCUT2D eigenvalue weighted by molar-refractivity contribution is -0.114. The van der Waals surface area contributed by atoms with Crippen molar-refractivity contribution >= 4 is 49.9 Å². The van der Waals surface area contributed by atoms with Crippen LogP contribution in [0.2, 0.25) is 0 Å². The van der Waals surface area contributed by atoms with Crippen LogP contribution in [0.15, 0.2) is 46.3 Å². The number of thiazole rings is 1. The second-order valence-corrected chi connectivity index (χ2v) is 7.43. The van der Waals surface area contributed by atoms with Gasteiger partial charge in [-0.15, -0.1) is 11.3 Å². The van der Waals surface area contributed by atoms with Crippen molar-refractivity contribution in [1.82, 2.24) is 4.98 Å². The number of benzene rings is 2. The van der Waals surface area contributed by atoms with Crippen LogP contribution in [0.4, 0.5) is 15.2 Å². The molecule has 0 saturated heterocycles. The minimum atomic E-state index is -0.523. The average molecular weight is 464 g/mol. The second kappa shape index (κ2) is 8.49. The Hall–Kier alpha value is -2.78. The van der Waals surface area contributed by atoms with Gasteiger partial charge in [-0.2, -0.15) is 0 Å². The molecule has 0 spiro atoms. The van der Waals surface area contributed by atoms with Crippen molar-refractivity contribution in [3.63, 3.8) is 0 Å². The quantitative estimate of drug-likeness (QED) is 0.561. The third-order valence-corrected chi connectivity index (χ3v) is 5.16. The normalized spacial score (nSPS) is 10.4. The van der Waals surface area contributed by atoms with Crippen LogP contribution in [0.25, 0.3) is 11.3 Å². The molecule has 0 saturated carbocycles. The van der Waals surface area contributed by atoms with Crippen molar-refractivity contribution in [2.45, 2.75) is 6.92 Å². The van der Waals surface area contributed by atoms with Crippen molar-refractivity contribution in [2.24, 2.45) is 0 Å². The summed E-state index contributed by atoms with van der Waals surface area (Å²) >= 11 is 4.52. The molecule has 0 atom stereocenters. The van der Waals surface area contributed by atoms with Crippen LogP contribution in [-0.2, 0) is 4.79 Å². The van der Waals surface area contributed by atoms with Crippen molar-refractivity contribution in [1.29, 1.82) is 0 Å². The van der Waals surface area contributed by atoms with Crippen LogP contribution in [0.3, 0.4) is 0 Å². The van der Waals surface area contributed by atoms with Crippen LogP contribution in [-0.4, -0.2) is 23.9 Å². The fraction of sp³-hybridized carbons (Fsp3) is 0.105. The zero-order valence-electron chi connectivity index (χ0n) is 14.9. The number of aromatic nitrogens is 1. The lowest BCUT2D eigenvalue weighted by Gasteiger charge is -2.07. The number of nitrogens with zero attached hydrogens (tertiary/aromatic N) is 1. The SMILES string of the molecule is COc1ccc(Br)c(C(=O)Nc2nc(-c3ccc(NC(C)=O)cc3F)cs2)c1. The van der Waals surface area contributed by atoms with E-state index in [4.69, 9.17) is 4.74 Å². The van der Waals surface area contributed by atoms with E-state index in [0.717, 1.165) is 0 Å². The molecule has 1 aromatic heterocycles. The van der Waals surface area contributed by atoms with E-state index in [1.807, 2.05) is 0 Å². The number of hydrogen-bond acceptors (Lipinski definition) is 5. The Bertz CT molecular complexity index is 1050. The first-order valence-electron chi connectivity index (χ1n) is 8.05. The summed E-state index contributed by atoms with van der Waals surface area (Å²) in [5.74, 6) is -0.623. The third kappa shape index (κ3) is 4.55. The molecule has 0 fully saturated rings. The third-order valence-electron chi connectivity index (χ3n) is 3.71. The van der Waals surface area contributed by atoms with Gasteiger partial charge in [0.2, 0.25) is 5.91 Å². The van der Waals surface area contributed by atoms with Gasteiger partial charge in [0, 0.05) is 28.0 Å². The average Bonchev–Trinajstić information content (AvgIpc) is 3.09. The Morgan fingerprint density at radius 1 is 1.18 bits per heavy atom. The lowest BCUT2D eigenvalue weighted by atomic mass is 10.1. The largest absolute Gasteiger partial charge is 0.497 e. The summed E-state index contributed by atoms with van der Waals surface area (Å²) in [4.78, 5) is 27.9. The highest BCUT2D eigenvalue weighted by Gasteiger charge is 2.15. The topological polar surface area (TPSA) is 80.3 Å². The van der Waals surface area contributed by atoms with E-state index in [1.165, 1.54) is 37.5 Å². The Morgan fingerprint density at radius 3 is 2.64 bits per heavy atom. The predicted octanol–water partition coefficient (Wildman–Crippen LogP) is 4.93. The standard InChI is InChI=1S/C19H15BrFN3O3S/c1-10(25)22-11-3-5-13(16(21)7-11)17-9-28-19(23-17)24-18(26)14-8-12(27-2)4-6-15(14)20/h3-9H,1-2H3,(H,22,25)(H,23,24,26). The van der Waals surface area contributed by atoms with Gasteiger partial charge in [0.1, 0.15) is 11.6 Å². The number of carbonyl (C=O) groups is 2. The first-order chi connectivity index (χ1) is 13.4.